The second-order valence-electron chi connectivity index (χ2n) is 11.5. The summed E-state index contributed by atoms with van der Waals surface area (Å²) in [4.78, 5) is 22.5. The van der Waals surface area contributed by atoms with Crippen molar-refractivity contribution in [3.8, 4) is 0 Å². The Morgan fingerprint density at radius 2 is 1.79 bits per heavy atom. The summed E-state index contributed by atoms with van der Waals surface area (Å²) in [5.41, 5.74) is -1.04. The van der Waals surface area contributed by atoms with E-state index < -0.39 is 50.1 Å². The number of hydrogen-bond acceptors (Lipinski definition) is 9. The van der Waals surface area contributed by atoms with Gasteiger partial charge in [0.1, 0.15) is 11.4 Å². The molecule has 1 aromatic carbocycles. The number of benzene rings is 1. The molecule has 0 atom stereocenters. The van der Waals surface area contributed by atoms with Crippen LogP contribution in [0.1, 0.15) is 63.3 Å². The van der Waals surface area contributed by atoms with E-state index in [0.29, 0.717) is 24.2 Å². The highest BCUT2D eigenvalue weighted by Crippen LogP contribution is 2.39. The molecule has 0 spiro atoms. The molecule has 2 fully saturated rings. The highest BCUT2D eigenvalue weighted by Gasteiger charge is 2.42. The van der Waals surface area contributed by atoms with E-state index in [0.717, 1.165) is 49.2 Å². The third-order valence-corrected chi connectivity index (χ3v) is 9.61. The largest absolute Gasteiger partial charge is 0.443 e. The van der Waals surface area contributed by atoms with Gasteiger partial charge in [-0.15, -0.1) is 15.6 Å². The smallest absolute Gasteiger partial charge is 0.435 e. The number of ether oxygens (including phenoxy) is 1. The number of anilines is 2. The van der Waals surface area contributed by atoms with Crippen molar-refractivity contribution in [1.82, 2.24) is 14.9 Å². The van der Waals surface area contributed by atoms with Gasteiger partial charge in [0.15, 0.2) is 16.5 Å². The first-order chi connectivity index (χ1) is 20.1. The summed E-state index contributed by atoms with van der Waals surface area (Å²) >= 11 is 0.976. The van der Waals surface area contributed by atoms with Crippen molar-refractivity contribution in [2.45, 2.75) is 88.4 Å². The number of fused-ring (bicyclic) bond motifs is 2. The fourth-order valence-corrected chi connectivity index (χ4v) is 7.37. The van der Waals surface area contributed by atoms with Gasteiger partial charge in [-0.1, -0.05) is 12.1 Å². The predicted octanol–water partition coefficient (Wildman–Crippen LogP) is 6.57. The molecular formula is C28H31F4N5O4S2. The molecule has 0 unspecified atom stereocenters. The Bertz CT molecular complexity index is 1570. The molecule has 0 radical (unpaired) electrons. The van der Waals surface area contributed by atoms with Crippen molar-refractivity contribution in [3.63, 3.8) is 0 Å². The number of nitrogens with one attached hydrogen (secondary N) is 1. The van der Waals surface area contributed by atoms with Crippen LogP contribution in [0.2, 0.25) is 0 Å². The molecule has 2 bridgehead atoms. The number of thiazole rings is 1. The highest BCUT2D eigenvalue weighted by molar-refractivity contribution is 7.93. The molecule has 15 heteroatoms. The van der Waals surface area contributed by atoms with Crippen LogP contribution < -0.4 is 9.62 Å². The van der Waals surface area contributed by atoms with Crippen molar-refractivity contribution in [2.24, 2.45) is 0 Å². The lowest BCUT2D eigenvalue weighted by Crippen LogP contribution is -2.41. The number of nitrogens with zero attached hydrogens (tertiary/aromatic N) is 4. The van der Waals surface area contributed by atoms with E-state index >= 15 is 0 Å². The van der Waals surface area contributed by atoms with Crippen molar-refractivity contribution in [3.05, 3.63) is 63.9 Å². The Kier molecular flexibility index (Phi) is 8.44. The predicted molar refractivity (Wildman–Crippen MR) is 153 cm³/mol. The summed E-state index contributed by atoms with van der Waals surface area (Å²) in [6.45, 7) is 4.72. The fourth-order valence-electron chi connectivity index (χ4n) is 5.57. The standard InChI is InChI=1S/C28H31F4N5O4S2/c1-27(2,3)41-26(38)37(23-15-42-16-34-23)43(39,40)24-12-11-22(25(35-24)28(30,31)32)33-13-20-17(5-4-6-21(20)29)14-36-18-7-8-19(36)10-9-18/h4-6,11-12,15-16,18-19,33H,7-10,13-14H2,1-3H3. The minimum absolute atomic E-state index is 0.182. The third kappa shape index (κ3) is 6.63. The maximum atomic E-state index is 15.0. The van der Waals surface area contributed by atoms with Crippen molar-refractivity contribution in [2.75, 3.05) is 9.62 Å². The number of amides is 1. The monoisotopic (exact) mass is 641 g/mol. The molecular weight excluding hydrogens is 610 g/mol. The van der Waals surface area contributed by atoms with E-state index in [-0.39, 0.29) is 22.2 Å². The molecule has 2 saturated heterocycles. The molecule has 1 amide bonds. The molecule has 9 nitrogen and oxygen atoms in total. The first kappa shape index (κ1) is 31.1. The number of alkyl halides is 3. The molecule has 2 aromatic heterocycles. The molecule has 232 valence electrons. The minimum Gasteiger partial charge on any atom is -0.443 e. The van der Waals surface area contributed by atoms with Crippen molar-refractivity contribution >= 4 is 39.0 Å². The van der Waals surface area contributed by atoms with Gasteiger partial charge in [-0.25, -0.2) is 19.2 Å². The molecule has 2 aliphatic heterocycles. The van der Waals surface area contributed by atoms with E-state index in [9.17, 15) is 30.8 Å². The Labute approximate surface area is 250 Å². The van der Waals surface area contributed by atoms with E-state index in [2.05, 4.69) is 20.2 Å². The summed E-state index contributed by atoms with van der Waals surface area (Å²) < 4.78 is 90.1. The normalized spacial score (nSPS) is 19.0. The summed E-state index contributed by atoms with van der Waals surface area (Å²) in [6, 6.07) is 7.19. The number of halogens is 4. The minimum atomic E-state index is -5.09. The maximum absolute atomic E-state index is 15.0. The number of carbonyl (C=O) groups is 1. The van der Waals surface area contributed by atoms with Gasteiger partial charge in [0.25, 0.3) is 10.0 Å². The number of aromatic nitrogens is 2. The zero-order valence-corrected chi connectivity index (χ0v) is 25.3. The molecule has 4 heterocycles. The number of sulfonamides is 1. The molecule has 1 N–H and O–H groups in total. The molecule has 2 aliphatic rings. The number of rotatable bonds is 8. The second-order valence-corrected chi connectivity index (χ2v) is 14.0. The lowest BCUT2D eigenvalue weighted by atomic mass is 10.0. The SMILES string of the molecule is CC(C)(C)OC(=O)N(c1cscn1)S(=O)(=O)c1ccc(NCc2c(F)cccc2CN2C3CCC2CC3)c(C(F)(F)F)n1. The van der Waals surface area contributed by atoms with Gasteiger partial charge in [-0.05, 0) is 70.2 Å². The summed E-state index contributed by atoms with van der Waals surface area (Å²) in [5, 5.41) is 2.81. The summed E-state index contributed by atoms with van der Waals surface area (Å²) in [6.07, 6.45) is -2.12. The Hall–Kier alpha value is -3.30. The first-order valence-electron chi connectivity index (χ1n) is 13.7. The number of carbonyl (C=O) groups excluding carboxylic acids is 1. The fraction of sp³-hybridized carbons (Fsp3) is 0.464. The van der Waals surface area contributed by atoms with Gasteiger partial charge >= 0.3 is 12.3 Å². The Morgan fingerprint density at radius 1 is 1.12 bits per heavy atom. The molecule has 43 heavy (non-hydrogen) atoms. The van der Waals surface area contributed by atoms with Crippen LogP contribution in [-0.4, -0.2) is 47.1 Å². The van der Waals surface area contributed by atoms with Crippen LogP contribution in [-0.2, 0) is 34.0 Å². The molecule has 0 aliphatic carbocycles. The van der Waals surface area contributed by atoms with Crippen molar-refractivity contribution in [1.29, 1.82) is 0 Å². The van der Waals surface area contributed by atoms with Crippen LogP contribution in [0.4, 0.5) is 33.9 Å². The number of pyridine rings is 1. The van der Waals surface area contributed by atoms with Gasteiger partial charge in [0.2, 0.25) is 0 Å². The van der Waals surface area contributed by atoms with Crippen LogP contribution in [0.25, 0.3) is 0 Å². The number of hydrogen-bond donors (Lipinski definition) is 1. The van der Waals surface area contributed by atoms with Gasteiger partial charge in [0.05, 0.1) is 11.2 Å². The van der Waals surface area contributed by atoms with E-state index in [1.165, 1.54) is 37.7 Å². The van der Waals surface area contributed by atoms with Gasteiger partial charge in [-0.2, -0.15) is 21.6 Å². The zero-order valence-electron chi connectivity index (χ0n) is 23.7. The van der Waals surface area contributed by atoms with Gasteiger partial charge in [-0.3, -0.25) is 4.90 Å². The Balaban J connectivity index is 1.45. The van der Waals surface area contributed by atoms with Gasteiger partial charge in [0, 0.05) is 36.1 Å². The van der Waals surface area contributed by atoms with Crippen LogP contribution in [0.5, 0.6) is 0 Å². The molecule has 3 aromatic rings. The van der Waals surface area contributed by atoms with E-state index in [1.54, 1.807) is 12.1 Å². The topological polar surface area (TPSA) is 105 Å². The maximum Gasteiger partial charge on any atom is 0.435 e. The van der Waals surface area contributed by atoms with E-state index in [4.69, 9.17) is 4.74 Å². The lowest BCUT2D eigenvalue weighted by molar-refractivity contribution is -0.140. The van der Waals surface area contributed by atoms with Crippen LogP contribution in [0.15, 0.2) is 46.2 Å². The first-order valence-corrected chi connectivity index (χ1v) is 16.0. The average molecular weight is 642 g/mol. The average Bonchev–Trinajstić information content (AvgIpc) is 3.65. The van der Waals surface area contributed by atoms with Crippen molar-refractivity contribution < 1.29 is 35.5 Å². The quantitative estimate of drug-likeness (QED) is 0.276. The lowest BCUT2D eigenvalue weighted by Gasteiger charge is -2.25. The molecule has 5 rings (SSSR count). The third-order valence-electron chi connectivity index (χ3n) is 7.46. The molecule has 0 saturated carbocycles. The van der Waals surface area contributed by atoms with Gasteiger partial charge < -0.3 is 10.1 Å². The highest BCUT2D eigenvalue weighted by atomic mass is 32.2. The second kappa shape index (κ2) is 11.7. The van der Waals surface area contributed by atoms with Crippen LogP contribution >= 0.6 is 11.3 Å². The van der Waals surface area contributed by atoms with E-state index in [1.807, 2.05) is 0 Å². The van der Waals surface area contributed by atoms with Crippen LogP contribution in [0, 0.1) is 5.82 Å². The summed E-state index contributed by atoms with van der Waals surface area (Å²) in [7, 11) is -5.00. The Morgan fingerprint density at radius 3 is 2.37 bits per heavy atom. The van der Waals surface area contributed by atoms with Crippen LogP contribution in [0.3, 0.4) is 0 Å². The summed E-state index contributed by atoms with van der Waals surface area (Å²) in [5.74, 6) is -0.913. The zero-order chi connectivity index (χ0) is 31.2.